The summed E-state index contributed by atoms with van der Waals surface area (Å²) >= 11 is 1.73. The SMILES string of the molecule is O=C(NCCSc1ccccc1)c1cccc(OCC2CCCO2)c1. The molecule has 2 aromatic carbocycles. The van der Waals surface area contributed by atoms with Crippen molar-refractivity contribution in [1.29, 1.82) is 0 Å². The molecule has 132 valence electrons. The summed E-state index contributed by atoms with van der Waals surface area (Å²) < 4.78 is 11.3. The van der Waals surface area contributed by atoms with E-state index in [2.05, 4.69) is 17.4 Å². The molecule has 0 aromatic heterocycles. The molecule has 0 saturated carbocycles. The average Bonchev–Trinajstić information content (AvgIpc) is 3.18. The molecule has 1 amide bonds. The molecule has 0 aliphatic carbocycles. The Hall–Kier alpha value is -1.98. The van der Waals surface area contributed by atoms with Crippen LogP contribution in [0.3, 0.4) is 0 Å². The van der Waals surface area contributed by atoms with E-state index in [1.165, 1.54) is 4.90 Å². The maximum absolute atomic E-state index is 12.3. The number of hydrogen-bond donors (Lipinski definition) is 1. The lowest BCUT2D eigenvalue weighted by molar-refractivity contribution is 0.0679. The lowest BCUT2D eigenvalue weighted by Gasteiger charge is -2.12. The van der Waals surface area contributed by atoms with Gasteiger partial charge in [0.15, 0.2) is 0 Å². The summed E-state index contributed by atoms with van der Waals surface area (Å²) in [5.74, 6) is 1.48. The summed E-state index contributed by atoms with van der Waals surface area (Å²) in [4.78, 5) is 13.5. The number of carbonyl (C=O) groups is 1. The Morgan fingerprint density at radius 1 is 1.20 bits per heavy atom. The van der Waals surface area contributed by atoms with Crippen molar-refractivity contribution < 1.29 is 14.3 Å². The Labute approximate surface area is 152 Å². The van der Waals surface area contributed by atoms with Crippen LogP contribution in [0.4, 0.5) is 0 Å². The van der Waals surface area contributed by atoms with E-state index in [1.807, 2.05) is 30.3 Å². The van der Waals surface area contributed by atoms with Crippen LogP contribution in [-0.2, 0) is 4.74 Å². The van der Waals surface area contributed by atoms with E-state index < -0.39 is 0 Å². The van der Waals surface area contributed by atoms with Crippen LogP contribution in [0.2, 0.25) is 0 Å². The van der Waals surface area contributed by atoms with Gasteiger partial charge >= 0.3 is 0 Å². The molecule has 1 heterocycles. The zero-order valence-electron chi connectivity index (χ0n) is 14.1. The Bertz CT molecular complexity index is 672. The number of ether oxygens (including phenoxy) is 2. The number of hydrogen-bond acceptors (Lipinski definition) is 4. The zero-order chi connectivity index (χ0) is 17.3. The van der Waals surface area contributed by atoms with E-state index in [1.54, 1.807) is 23.9 Å². The normalized spacial score (nSPS) is 16.6. The molecule has 0 bridgehead atoms. The molecule has 1 saturated heterocycles. The summed E-state index contributed by atoms with van der Waals surface area (Å²) in [6.45, 7) is 1.98. The van der Waals surface area contributed by atoms with Crippen LogP contribution < -0.4 is 10.1 Å². The molecule has 4 nitrogen and oxygen atoms in total. The molecule has 1 unspecified atom stereocenters. The number of benzene rings is 2. The molecule has 25 heavy (non-hydrogen) atoms. The number of nitrogens with one attached hydrogen (secondary N) is 1. The van der Waals surface area contributed by atoms with Crippen molar-refractivity contribution in [3.63, 3.8) is 0 Å². The molecule has 1 aliphatic heterocycles. The summed E-state index contributed by atoms with van der Waals surface area (Å²) in [5.41, 5.74) is 0.620. The molecule has 0 spiro atoms. The third-order valence-electron chi connectivity index (χ3n) is 3.96. The number of amides is 1. The fourth-order valence-corrected chi connectivity index (χ4v) is 3.43. The van der Waals surface area contributed by atoms with E-state index in [-0.39, 0.29) is 12.0 Å². The molecule has 3 rings (SSSR count). The predicted molar refractivity (Wildman–Crippen MR) is 100 cm³/mol. The Morgan fingerprint density at radius 3 is 2.88 bits per heavy atom. The highest BCUT2D eigenvalue weighted by Gasteiger charge is 2.16. The Kier molecular flexibility index (Phi) is 6.77. The lowest BCUT2D eigenvalue weighted by atomic mass is 10.2. The molecular formula is C20H23NO3S. The van der Waals surface area contributed by atoms with Crippen molar-refractivity contribution in [3.8, 4) is 5.75 Å². The first kappa shape index (κ1) is 17.8. The highest BCUT2D eigenvalue weighted by Crippen LogP contribution is 2.18. The van der Waals surface area contributed by atoms with Gasteiger partial charge in [0.2, 0.25) is 0 Å². The Morgan fingerprint density at radius 2 is 2.08 bits per heavy atom. The molecule has 1 fully saturated rings. The number of carbonyl (C=O) groups excluding carboxylic acids is 1. The van der Waals surface area contributed by atoms with Gasteiger partial charge in [-0.1, -0.05) is 24.3 Å². The van der Waals surface area contributed by atoms with Crippen LogP contribution in [0.15, 0.2) is 59.5 Å². The van der Waals surface area contributed by atoms with Gasteiger partial charge in [-0.25, -0.2) is 0 Å². The minimum atomic E-state index is -0.0729. The van der Waals surface area contributed by atoms with Crippen molar-refractivity contribution in [1.82, 2.24) is 5.32 Å². The van der Waals surface area contributed by atoms with Gasteiger partial charge in [-0.15, -0.1) is 11.8 Å². The van der Waals surface area contributed by atoms with Gasteiger partial charge in [-0.2, -0.15) is 0 Å². The smallest absolute Gasteiger partial charge is 0.251 e. The molecular weight excluding hydrogens is 334 g/mol. The third kappa shape index (κ3) is 5.80. The van der Waals surface area contributed by atoms with Crippen LogP contribution in [0.25, 0.3) is 0 Å². The first-order valence-corrected chi connectivity index (χ1v) is 9.60. The van der Waals surface area contributed by atoms with Crippen LogP contribution in [-0.4, -0.2) is 37.5 Å². The van der Waals surface area contributed by atoms with Gasteiger partial charge in [-0.05, 0) is 43.2 Å². The third-order valence-corrected chi connectivity index (χ3v) is 4.97. The van der Waals surface area contributed by atoms with Crippen molar-refractivity contribution in [2.45, 2.75) is 23.8 Å². The summed E-state index contributed by atoms with van der Waals surface area (Å²) in [5, 5.41) is 2.95. The van der Waals surface area contributed by atoms with Gasteiger partial charge in [0, 0.05) is 29.4 Å². The predicted octanol–water partition coefficient (Wildman–Crippen LogP) is 3.77. The molecule has 1 N–H and O–H groups in total. The van der Waals surface area contributed by atoms with Gasteiger partial charge in [-0.3, -0.25) is 4.79 Å². The second-order valence-corrected chi connectivity index (χ2v) is 7.06. The van der Waals surface area contributed by atoms with Crippen LogP contribution in [0.5, 0.6) is 5.75 Å². The summed E-state index contributed by atoms with van der Waals surface area (Å²) in [6, 6.07) is 17.5. The monoisotopic (exact) mass is 357 g/mol. The standard InChI is InChI=1S/C20H23NO3S/c22-20(21-11-13-25-19-9-2-1-3-10-19)16-6-4-7-17(14-16)24-15-18-8-5-12-23-18/h1-4,6-7,9-10,14,18H,5,8,11-13,15H2,(H,21,22). The largest absolute Gasteiger partial charge is 0.491 e. The van der Waals surface area contributed by atoms with Gasteiger partial charge < -0.3 is 14.8 Å². The van der Waals surface area contributed by atoms with Crippen LogP contribution >= 0.6 is 11.8 Å². The maximum Gasteiger partial charge on any atom is 0.251 e. The van der Waals surface area contributed by atoms with Crippen molar-refractivity contribution in [3.05, 3.63) is 60.2 Å². The minimum Gasteiger partial charge on any atom is -0.491 e. The van der Waals surface area contributed by atoms with Crippen LogP contribution in [0.1, 0.15) is 23.2 Å². The van der Waals surface area contributed by atoms with E-state index in [0.29, 0.717) is 24.5 Å². The second kappa shape index (κ2) is 9.49. The highest BCUT2D eigenvalue weighted by molar-refractivity contribution is 7.99. The molecule has 0 radical (unpaired) electrons. The first-order chi connectivity index (χ1) is 12.3. The maximum atomic E-state index is 12.3. The lowest BCUT2D eigenvalue weighted by Crippen LogP contribution is -2.25. The van der Waals surface area contributed by atoms with Gasteiger partial charge in [0.05, 0.1) is 6.10 Å². The summed E-state index contributed by atoms with van der Waals surface area (Å²) in [6.07, 6.45) is 2.31. The van der Waals surface area contributed by atoms with E-state index in [0.717, 1.165) is 25.2 Å². The fraction of sp³-hybridized carbons (Fsp3) is 0.350. The molecule has 2 aromatic rings. The fourth-order valence-electron chi connectivity index (χ4n) is 2.64. The Balaban J connectivity index is 1.42. The topological polar surface area (TPSA) is 47.6 Å². The zero-order valence-corrected chi connectivity index (χ0v) is 15.0. The highest BCUT2D eigenvalue weighted by atomic mass is 32.2. The average molecular weight is 357 g/mol. The van der Waals surface area contributed by atoms with E-state index in [9.17, 15) is 4.79 Å². The van der Waals surface area contributed by atoms with Crippen molar-refractivity contribution in [2.75, 3.05) is 25.5 Å². The number of thioether (sulfide) groups is 1. The molecule has 1 aliphatic rings. The quantitative estimate of drug-likeness (QED) is 0.577. The van der Waals surface area contributed by atoms with Gasteiger partial charge in [0.25, 0.3) is 5.91 Å². The van der Waals surface area contributed by atoms with E-state index >= 15 is 0 Å². The van der Waals surface area contributed by atoms with Gasteiger partial charge in [0.1, 0.15) is 12.4 Å². The van der Waals surface area contributed by atoms with E-state index in [4.69, 9.17) is 9.47 Å². The molecule has 1 atom stereocenters. The van der Waals surface area contributed by atoms with Crippen molar-refractivity contribution >= 4 is 17.7 Å². The minimum absolute atomic E-state index is 0.0729. The second-order valence-electron chi connectivity index (χ2n) is 5.89. The van der Waals surface area contributed by atoms with Crippen molar-refractivity contribution in [2.24, 2.45) is 0 Å². The first-order valence-electron chi connectivity index (χ1n) is 8.62. The number of rotatable bonds is 8. The van der Waals surface area contributed by atoms with Crippen LogP contribution in [0, 0.1) is 0 Å². The molecule has 5 heteroatoms. The summed E-state index contributed by atoms with van der Waals surface area (Å²) in [7, 11) is 0.